The Morgan fingerprint density at radius 2 is 1.75 bits per heavy atom. The molecule has 0 saturated heterocycles. The molecule has 12 heavy (non-hydrogen) atoms. The van der Waals surface area contributed by atoms with E-state index in [0.29, 0.717) is 0 Å². The Bertz CT molecular complexity index is 84.6. The summed E-state index contributed by atoms with van der Waals surface area (Å²) < 4.78 is 0. The van der Waals surface area contributed by atoms with E-state index in [4.69, 9.17) is 0 Å². The van der Waals surface area contributed by atoms with Crippen LogP contribution in [0.25, 0.3) is 0 Å². The first-order valence-electron chi connectivity index (χ1n) is 3.92. The van der Waals surface area contributed by atoms with Crippen LogP contribution in [0.4, 0.5) is 0 Å². The number of hydrogen-bond acceptors (Lipinski definition) is 0. The minimum absolute atomic E-state index is 0. The van der Waals surface area contributed by atoms with Crippen LogP contribution < -0.4 is 37.7 Å². The Labute approximate surface area is 108 Å². The summed E-state index contributed by atoms with van der Waals surface area (Å²) in [6.07, 6.45) is 9.02. The van der Waals surface area contributed by atoms with Gasteiger partial charge >= 0.3 is 109 Å². The van der Waals surface area contributed by atoms with Crippen molar-refractivity contribution in [2.75, 3.05) is 0 Å². The maximum atomic E-state index is 2.26. The van der Waals surface area contributed by atoms with Crippen LogP contribution in [0.5, 0.6) is 0 Å². The molecule has 0 saturated carbocycles. The maximum Gasteiger partial charge on any atom is 1.00 e. The van der Waals surface area contributed by atoms with Crippen LogP contribution in [0, 0.1) is 0 Å². The van der Waals surface area contributed by atoms with Crippen molar-refractivity contribution in [1.29, 1.82) is 0 Å². The Kier molecular flexibility index (Phi) is 29.1. The van der Waals surface area contributed by atoms with Crippen LogP contribution in [0.15, 0.2) is 11.1 Å². The topological polar surface area (TPSA) is 0 Å². The molecule has 0 unspecified atom stereocenters. The van der Waals surface area contributed by atoms with Gasteiger partial charge in [-0.3, -0.25) is 0 Å². The first-order chi connectivity index (χ1) is 4.91. The molecular formula is C9H18CuLi2. The summed E-state index contributed by atoms with van der Waals surface area (Å²) in [5, 5.41) is 0. The molecule has 0 radical (unpaired) electrons. The van der Waals surface area contributed by atoms with E-state index in [9.17, 15) is 0 Å². The average molecular weight is 204 g/mol. The predicted molar refractivity (Wildman–Crippen MR) is 43.8 cm³/mol. The third-order valence-electron chi connectivity index (χ3n) is 1.40. The number of hydrogen-bond donors (Lipinski definition) is 0. The summed E-state index contributed by atoms with van der Waals surface area (Å²) in [4.78, 5) is 2.16. The van der Waals surface area contributed by atoms with E-state index in [1.165, 1.54) is 32.1 Å². The normalized spacial score (nSPS) is 9.50. The Balaban J connectivity index is -0.000000405. The molecule has 0 fully saturated rings. The summed E-state index contributed by atoms with van der Waals surface area (Å²) in [5.74, 6) is 2.09. The van der Waals surface area contributed by atoms with Gasteiger partial charge in [0, 0.05) is 0 Å². The van der Waals surface area contributed by atoms with Gasteiger partial charge in [0.1, 0.15) is 0 Å². The Hall–Kier alpha value is 1.45. The van der Waals surface area contributed by atoms with Crippen molar-refractivity contribution in [2.45, 2.75) is 44.9 Å². The van der Waals surface area contributed by atoms with Gasteiger partial charge in [-0.25, -0.2) is 0 Å². The third kappa shape index (κ3) is 17.5. The molecule has 0 bridgehead atoms. The van der Waals surface area contributed by atoms with E-state index >= 15 is 0 Å². The molecule has 0 N–H and O–H groups in total. The number of allylic oxidation sites excluding steroid dienone is 1. The second kappa shape index (κ2) is 18.3. The van der Waals surface area contributed by atoms with Gasteiger partial charge in [0.15, 0.2) is 0 Å². The van der Waals surface area contributed by atoms with Gasteiger partial charge in [-0.15, -0.1) is 0 Å². The summed E-state index contributed by atoms with van der Waals surface area (Å²) in [6, 6.07) is 0. The van der Waals surface area contributed by atoms with Crippen LogP contribution in [0.2, 0.25) is 5.82 Å². The molecule has 0 amide bonds. The minimum atomic E-state index is 0. The SMILES string of the molecule is CCCCCCC=[CH][Cu-2][CH3].[Li+].[Li+]. The molecule has 0 heterocycles. The van der Waals surface area contributed by atoms with Crippen LogP contribution in [0.3, 0.4) is 0 Å². The molecule has 0 rings (SSSR count). The molecule has 0 spiro atoms. The van der Waals surface area contributed by atoms with Gasteiger partial charge in [-0.1, -0.05) is 0 Å². The van der Waals surface area contributed by atoms with Crippen molar-refractivity contribution in [3.05, 3.63) is 11.1 Å². The van der Waals surface area contributed by atoms with E-state index in [-0.39, 0.29) is 37.7 Å². The molecule has 0 aromatic carbocycles. The second-order valence-electron chi connectivity index (χ2n) is 2.36. The van der Waals surface area contributed by atoms with E-state index in [1.807, 2.05) is 15.0 Å². The quantitative estimate of drug-likeness (QED) is 0.334. The van der Waals surface area contributed by atoms with Gasteiger partial charge in [-0.05, 0) is 0 Å². The predicted octanol–water partition coefficient (Wildman–Crippen LogP) is -2.39. The monoisotopic (exact) mass is 203 g/mol. The van der Waals surface area contributed by atoms with E-state index in [2.05, 4.69) is 23.8 Å². The zero-order valence-corrected chi connectivity index (χ0v) is 9.93. The first-order valence-corrected chi connectivity index (χ1v) is 5.41. The minimum Gasteiger partial charge on any atom is 1.00 e. The van der Waals surface area contributed by atoms with Crippen LogP contribution >= 0.6 is 0 Å². The maximum absolute atomic E-state index is 2.26. The molecule has 0 aromatic rings. The fraction of sp³-hybridized carbons (Fsp3) is 0.778. The summed E-state index contributed by atoms with van der Waals surface area (Å²) in [6.45, 7) is 2.25. The van der Waals surface area contributed by atoms with Crippen molar-refractivity contribution in [1.82, 2.24) is 0 Å². The van der Waals surface area contributed by atoms with Crippen molar-refractivity contribution < 1.29 is 52.7 Å². The van der Waals surface area contributed by atoms with Gasteiger partial charge in [-0.2, -0.15) is 0 Å². The molecule has 67 valence electrons. The Morgan fingerprint density at radius 1 is 1.08 bits per heavy atom. The zero-order valence-electron chi connectivity index (χ0n) is 8.99. The standard InChI is InChI=1S/C8H15.CH3.Cu.2Li/c1-3-5-7-8-6-4-2;;;;/h1,3H,4-8H2,2H3;1H3;;;/q;;-2;2*+1. The number of rotatable bonds is 6. The van der Waals surface area contributed by atoms with Crippen LogP contribution in [-0.2, 0) is 15.0 Å². The van der Waals surface area contributed by atoms with E-state index in [0.717, 1.165) is 0 Å². The second-order valence-corrected chi connectivity index (χ2v) is 3.22. The molecule has 0 aliphatic heterocycles. The van der Waals surface area contributed by atoms with Gasteiger partial charge in [0.2, 0.25) is 0 Å². The largest absolute Gasteiger partial charge is 1.00 e. The fourth-order valence-electron chi connectivity index (χ4n) is 0.810. The van der Waals surface area contributed by atoms with Crippen LogP contribution in [0.1, 0.15) is 39.0 Å². The van der Waals surface area contributed by atoms with E-state index < -0.39 is 0 Å². The molecule has 0 aliphatic rings. The van der Waals surface area contributed by atoms with Crippen molar-refractivity contribution in [2.24, 2.45) is 0 Å². The van der Waals surface area contributed by atoms with Crippen LogP contribution in [-0.4, -0.2) is 0 Å². The average Bonchev–Trinajstić information content (AvgIpc) is 1.97. The zero-order chi connectivity index (χ0) is 7.66. The van der Waals surface area contributed by atoms with Crippen molar-refractivity contribution in [3.63, 3.8) is 0 Å². The van der Waals surface area contributed by atoms with Gasteiger partial charge < -0.3 is 0 Å². The molecule has 0 aromatic heterocycles. The summed E-state index contributed by atoms with van der Waals surface area (Å²) >= 11 is 1.86. The Morgan fingerprint density at radius 3 is 2.25 bits per heavy atom. The van der Waals surface area contributed by atoms with E-state index in [1.54, 1.807) is 0 Å². The molecular weight excluding hydrogens is 186 g/mol. The molecule has 0 aliphatic carbocycles. The van der Waals surface area contributed by atoms with Crippen molar-refractivity contribution in [3.8, 4) is 0 Å². The fourth-order valence-corrected chi connectivity index (χ4v) is 1.19. The smallest absolute Gasteiger partial charge is 1.00 e. The van der Waals surface area contributed by atoms with Crippen molar-refractivity contribution >= 4 is 0 Å². The van der Waals surface area contributed by atoms with Gasteiger partial charge in [0.25, 0.3) is 0 Å². The third-order valence-corrected chi connectivity index (χ3v) is 1.93. The molecule has 0 nitrogen and oxygen atoms in total. The summed E-state index contributed by atoms with van der Waals surface area (Å²) in [5.41, 5.74) is 0. The summed E-state index contributed by atoms with van der Waals surface area (Å²) in [7, 11) is 0. The molecule has 3 heteroatoms. The number of unbranched alkanes of at least 4 members (excludes halogenated alkanes) is 4. The molecule has 0 atom stereocenters. The first kappa shape index (κ1) is 19.1. The van der Waals surface area contributed by atoms with Gasteiger partial charge in [0.05, 0.1) is 0 Å².